The minimum atomic E-state index is 0.0717. The van der Waals surface area contributed by atoms with Crippen molar-refractivity contribution in [3.63, 3.8) is 0 Å². The van der Waals surface area contributed by atoms with Crippen molar-refractivity contribution in [1.29, 1.82) is 0 Å². The first kappa shape index (κ1) is 11.5. The number of nitrogens with zero attached hydrogens (tertiary/aromatic N) is 3. The molecule has 0 bridgehead atoms. The van der Waals surface area contributed by atoms with Crippen LogP contribution in [0.25, 0.3) is 0 Å². The Bertz CT molecular complexity index is 336. The number of likely N-dealkylation sites (tertiary alicyclic amines) is 1. The highest BCUT2D eigenvalue weighted by Gasteiger charge is 2.23. The summed E-state index contributed by atoms with van der Waals surface area (Å²) in [4.78, 5) is 6.73. The first-order valence-corrected chi connectivity index (χ1v) is 5.92. The van der Waals surface area contributed by atoms with Crippen LogP contribution in [0.5, 0.6) is 0 Å². The summed E-state index contributed by atoms with van der Waals surface area (Å²) in [5, 5.41) is 4.00. The van der Waals surface area contributed by atoms with Crippen LogP contribution in [0.3, 0.4) is 0 Å². The number of hydrogen-bond donors (Lipinski definition) is 1. The monoisotopic (exact) mass is 224 g/mol. The van der Waals surface area contributed by atoms with Crippen LogP contribution >= 0.6 is 0 Å². The van der Waals surface area contributed by atoms with Gasteiger partial charge in [-0.25, -0.2) is 0 Å². The normalized spacial score (nSPS) is 23.8. The molecule has 1 aromatic heterocycles. The summed E-state index contributed by atoms with van der Waals surface area (Å²) >= 11 is 0. The van der Waals surface area contributed by atoms with Gasteiger partial charge in [0.25, 0.3) is 0 Å². The van der Waals surface area contributed by atoms with Gasteiger partial charge in [0.15, 0.2) is 5.82 Å². The molecular formula is C11H20N4O. The van der Waals surface area contributed by atoms with Gasteiger partial charge in [0.05, 0.1) is 0 Å². The first-order valence-electron chi connectivity index (χ1n) is 5.92. The lowest BCUT2D eigenvalue weighted by atomic mass is 10.1. The lowest BCUT2D eigenvalue weighted by Crippen LogP contribution is -2.27. The average molecular weight is 224 g/mol. The Kier molecular flexibility index (Phi) is 3.56. The molecule has 2 heterocycles. The number of hydrogen-bond acceptors (Lipinski definition) is 5. The van der Waals surface area contributed by atoms with Crippen LogP contribution in [-0.2, 0) is 12.8 Å². The number of nitrogens with two attached hydrogens (primary N) is 1. The van der Waals surface area contributed by atoms with Gasteiger partial charge in [0.2, 0.25) is 5.89 Å². The van der Waals surface area contributed by atoms with E-state index in [1.54, 1.807) is 0 Å². The van der Waals surface area contributed by atoms with Gasteiger partial charge in [0, 0.05) is 24.9 Å². The van der Waals surface area contributed by atoms with E-state index in [-0.39, 0.29) is 6.04 Å². The van der Waals surface area contributed by atoms with Crippen LogP contribution < -0.4 is 5.73 Å². The lowest BCUT2D eigenvalue weighted by Gasteiger charge is -2.16. The Hall–Kier alpha value is -0.940. The first-order chi connectivity index (χ1) is 7.65. The van der Waals surface area contributed by atoms with Crippen molar-refractivity contribution in [3.8, 4) is 0 Å². The molecule has 0 saturated carbocycles. The zero-order valence-electron chi connectivity index (χ0n) is 10.0. The quantitative estimate of drug-likeness (QED) is 0.811. The van der Waals surface area contributed by atoms with Gasteiger partial charge in [-0.1, -0.05) is 5.16 Å². The van der Waals surface area contributed by atoms with Crippen LogP contribution in [0.15, 0.2) is 4.52 Å². The summed E-state index contributed by atoms with van der Waals surface area (Å²) < 4.78 is 5.16. The fourth-order valence-corrected chi connectivity index (χ4v) is 2.18. The van der Waals surface area contributed by atoms with E-state index in [9.17, 15) is 0 Å². The van der Waals surface area contributed by atoms with Crippen molar-refractivity contribution in [3.05, 3.63) is 11.7 Å². The van der Waals surface area contributed by atoms with Gasteiger partial charge in [-0.3, -0.25) is 0 Å². The zero-order valence-corrected chi connectivity index (χ0v) is 10.0. The van der Waals surface area contributed by atoms with Crippen LogP contribution in [0.2, 0.25) is 0 Å². The SMILES string of the molecule is CC(N)Cc1nc(CC2CCCN2C)no1. The van der Waals surface area contributed by atoms with Crippen molar-refractivity contribution in [2.75, 3.05) is 13.6 Å². The van der Waals surface area contributed by atoms with Crippen molar-refractivity contribution in [1.82, 2.24) is 15.0 Å². The summed E-state index contributed by atoms with van der Waals surface area (Å²) in [5.74, 6) is 1.47. The minimum absolute atomic E-state index is 0.0717. The van der Waals surface area contributed by atoms with E-state index in [4.69, 9.17) is 10.3 Å². The Balaban J connectivity index is 1.92. The third kappa shape index (κ3) is 2.80. The molecule has 1 aliphatic heterocycles. The van der Waals surface area contributed by atoms with Gasteiger partial charge in [-0.15, -0.1) is 0 Å². The summed E-state index contributed by atoms with van der Waals surface area (Å²) in [7, 11) is 2.15. The standard InChI is InChI=1S/C11H20N4O/c1-8(12)6-11-13-10(14-16-11)7-9-4-3-5-15(9)2/h8-9H,3-7,12H2,1-2H3. The summed E-state index contributed by atoms with van der Waals surface area (Å²) in [6.07, 6.45) is 4.05. The fourth-order valence-electron chi connectivity index (χ4n) is 2.18. The predicted molar refractivity (Wildman–Crippen MR) is 61.0 cm³/mol. The van der Waals surface area contributed by atoms with Gasteiger partial charge >= 0.3 is 0 Å². The summed E-state index contributed by atoms with van der Waals surface area (Å²) in [5.41, 5.74) is 5.68. The Morgan fingerprint density at radius 1 is 1.62 bits per heavy atom. The molecule has 0 amide bonds. The Labute approximate surface area is 96.0 Å². The molecule has 2 atom stereocenters. The molecular weight excluding hydrogens is 204 g/mol. The van der Waals surface area contributed by atoms with E-state index >= 15 is 0 Å². The third-order valence-corrected chi connectivity index (χ3v) is 3.10. The van der Waals surface area contributed by atoms with E-state index in [0.29, 0.717) is 18.4 Å². The molecule has 2 rings (SSSR count). The van der Waals surface area contributed by atoms with Crippen molar-refractivity contribution in [2.45, 2.75) is 44.7 Å². The molecule has 1 aliphatic rings. The maximum atomic E-state index is 5.68. The van der Waals surface area contributed by atoms with Crippen LogP contribution in [0, 0.1) is 0 Å². The van der Waals surface area contributed by atoms with Crippen LogP contribution in [0.1, 0.15) is 31.5 Å². The topological polar surface area (TPSA) is 68.2 Å². The number of rotatable bonds is 4. The predicted octanol–water partition coefficient (Wildman–Crippen LogP) is 0.596. The minimum Gasteiger partial charge on any atom is -0.339 e. The second-order valence-corrected chi connectivity index (χ2v) is 4.77. The zero-order chi connectivity index (χ0) is 11.5. The van der Waals surface area contributed by atoms with Crippen molar-refractivity contribution < 1.29 is 4.52 Å². The fraction of sp³-hybridized carbons (Fsp3) is 0.818. The smallest absolute Gasteiger partial charge is 0.228 e. The highest BCUT2D eigenvalue weighted by atomic mass is 16.5. The number of likely N-dealkylation sites (N-methyl/N-ethyl adjacent to an activating group) is 1. The molecule has 1 aromatic rings. The molecule has 0 aromatic carbocycles. The molecule has 0 radical (unpaired) electrons. The van der Waals surface area contributed by atoms with Gasteiger partial charge in [-0.2, -0.15) is 4.98 Å². The van der Waals surface area contributed by atoms with E-state index in [1.165, 1.54) is 19.4 Å². The molecule has 1 saturated heterocycles. The lowest BCUT2D eigenvalue weighted by molar-refractivity contribution is 0.300. The molecule has 5 nitrogen and oxygen atoms in total. The maximum absolute atomic E-state index is 5.68. The van der Waals surface area contributed by atoms with Crippen LogP contribution in [0.4, 0.5) is 0 Å². The summed E-state index contributed by atoms with van der Waals surface area (Å²) in [6.45, 7) is 3.11. The molecule has 0 spiro atoms. The summed E-state index contributed by atoms with van der Waals surface area (Å²) in [6, 6.07) is 0.642. The molecule has 2 unspecified atom stereocenters. The van der Waals surface area contributed by atoms with Gasteiger partial charge in [-0.05, 0) is 33.4 Å². The average Bonchev–Trinajstić information content (AvgIpc) is 2.77. The molecule has 5 heteroatoms. The maximum Gasteiger partial charge on any atom is 0.228 e. The van der Waals surface area contributed by atoms with Crippen molar-refractivity contribution >= 4 is 0 Å². The second-order valence-electron chi connectivity index (χ2n) is 4.77. The van der Waals surface area contributed by atoms with Gasteiger partial charge < -0.3 is 15.2 Å². The van der Waals surface area contributed by atoms with E-state index in [1.807, 2.05) is 6.92 Å². The molecule has 1 fully saturated rings. The van der Waals surface area contributed by atoms with E-state index < -0.39 is 0 Å². The van der Waals surface area contributed by atoms with Gasteiger partial charge in [0.1, 0.15) is 0 Å². The largest absolute Gasteiger partial charge is 0.339 e. The molecule has 2 N–H and O–H groups in total. The molecule has 90 valence electrons. The van der Waals surface area contributed by atoms with E-state index in [0.717, 1.165) is 12.2 Å². The Morgan fingerprint density at radius 3 is 3.06 bits per heavy atom. The Morgan fingerprint density at radius 2 is 2.44 bits per heavy atom. The van der Waals surface area contributed by atoms with Crippen LogP contribution in [-0.4, -0.2) is 40.7 Å². The van der Waals surface area contributed by atoms with Crippen molar-refractivity contribution in [2.24, 2.45) is 5.73 Å². The molecule has 16 heavy (non-hydrogen) atoms. The second kappa shape index (κ2) is 4.93. The van der Waals surface area contributed by atoms with E-state index in [2.05, 4.69) is 22.1 Å². The molecule has 0 aliphatic carbocycles. The highest BCUT2D eigenvalue weighted by Crippen LogP contribution is 2.18. The highest BCUT2D eigenvalue weighted by molar-refractivity contribution is 4.93. The third-order valence-electron chi connectivity index (χ3n) is 3.10. The number of aromatic nitrogens is 2.